The van der Waals surface area contributed by atoms with Gasteiger partial charge in [0.2, 0.25) is 0 Å². The molecule has 4 nitrogen and oxygen atoms in total. The standard InChI is InChI=1S/C84H85BN4/c1-79(2,3)58-37-56(38-59(43-58)80(4,5)6)75-66-29-23-24-30-71(66)86-78(87-75)57-41-72-74-73(42-57)89(65-48-62(83(13,14)15)45-63(49-65)84(16,17)18)77-68-40-53-28-22-20-26-51(53)36-55(68)32-34-70(77)85(74)69-33-31-54-35-50-25-19-21-27-52(50)39-67(54)76(69)88(72)64-46-60(81(7,8)9)44-61(47-64)82(10,11)12/h19-49H,1-18H3. The molecule has 0 saturated heterocycles. The minimum absolute atomic E-state index is 0.0971. The van der Waals surface area contributed by atoms with E-state index in [9.17, 15) is 0 Å². The second-order valence-corrected chi connectivity index (χ2v) is 32.1. The number of aromatic nitrogens is 2. The van der Waals surface area contributed by atoms with Crippen molar-refractivity contribution in [3.05, 3.63) is 221 Å². The number of anilines is 6. The Labute approximate surface area is 529 Å². The van der Waals surface area contributed by atoms with Gasteiger partial charge in [0.15, 0.2) is 5.82 Å². The molecule has 1 aromatic heterocycles. The molecular weight excluding hydrogens is 1080 g/mol. The van der Waals surface area contributed by atoms with Crippen LogP contribution in [-0.4, -0.2) is 16.7 Å². The largest absolute Gasteiger partial charge is 0.311 e. The molecule has 5 heteroatoms. The van der Waals surface area contributed by atoms with Crippen LogP contribution in [0, 0.1) is 0 Å². The third kappa shape index (κ3) is 9.99. The maximum absolute atomic E-state index is 5.94. The van der Waals surface area contributed by atoms with E-state index >= 15 is 0 Å². The molecule has 89 heavy (non-hydrogen) atoms. The normalized spacial score (nSPS) is 13.9. The van der Waals surface area contributed by atoms with Gasteiger partial charge >= 0.3 is 0 Å². The first-order valence-electron chi connectivity index (χ1n) is 32.3. The van der Waals surface area contributed by atoms with Gasteiger partial charge in [0.05, 0.1) is 11.2 Å². The van der Waals surface area contributed by atoms with Crippen LogP contribution >= 0.6 is 0 Å². The molecule has 3 heterocycles. The first-order valence-corrected chi connectivity index (χ1v) is 32.3. The van der Waals surface area contributed by atoms with Crippen molar-refractivity contribution in [2.75, 3.05) is 9.80 Å². The summed E-state index contributed by atoms with van der Waals surface area (Å²) in [6.07, 6.45) is 0. The first-order chi connectivity index (χ1) is 41.9. The van der Waals surface area contributed by atoms with Crippen LogP contribution in [0.4, 0.5) is 34.1 Å². The van der Waals surface area contributed by atoms with E-state index in [0.717, 1.165) is 50.5 Å². The number of rotatable bonds is 4. The van der Waals surface area contributed by atoms with Gasteiger partial charge in [0, 0.05) is 61.4 Å². The highest BCUT2D eigenvalue weighted by Crippen LogP contribution is 2.52. The SMILES string of the molecule is CC(C)(C)c1cc(-c2nc(-c3cc4c5c(c3)N(c3cc(C(C)(C)C)cc(C(C)(C)C)c3)c3c(ccc6cc7ccccc7cc36)B5c3ccc5cc6ccccc6cc5c3N4c3cc(C(C)(C)C)cc(C(C)(C)C)c3)nc3ccccc23)cc(C(C)(C)C)c1. The Kier molecular flexibility index (Phi) is 13.1. The number of hydrogen-bond acceptors (Lipinski definition) is 4. The van der Waals surface area contributed by atoms with Gasteiger partial charge in [0.25, 0.3) is 6.71 Å². The van der Waals surface area contributed by atoms with Gasteiger partial charge in [-0.2, -0.15) is 0 Å². The number of para-hydroxylation sites is 1. The highest BCUT2D eigenvalue weighted by Gasteiger charge is 2.46. The summed E-state index contributed by atoms with van der Waals surface area (Å²) >= 11 is 0. The summed E-state index contributed by atoms with van der Waals surface area (Å²) in [5, 5.41) is 10.8. The maximum Gasteiger partial charge on any atom is 0.252 e. The predicted molar refractivity (Wildman–Crippen MR) is 387 cm³/mol. The van der Waals surface area contributed by atoms with Crippen LogP contribution in [0.3, 0.4) is 0 Å². The van der Waals surface area contributed by atoms with E-state index in [1.54, 1.807) is 0 Å². The van der Waals surface area contributed by atoms with Crippen LogP contribution in [0.1, 0.15) is 158 Å². The molecule has 0 aliphatic carbocycles. The predicted octanol–water partition coefficient (Wildman–Crippen LogP) is 21.4. The van der Waals surface area contributed by atoms with Crippen molar-refractivity contribution in [3.63, 3.8) is 0 Å². The highest BCUT2D eigenvalue weighted by atomic mass is 15.2. The van der Waals surface area contributed by atoms with Crippen LogP contribution in [0.15, 0.2) is 188 Å². The van der Waals surface area contributed by atoms with Crippen LogP contribution in [0.25, 0.3) is 76.6 Å². The molecule has 0 radical (unpaired) electrons. The summed E-state index contributed by atoms with van der Waals surface area (Å²) in [7, 11) is 0. The molecule has 0 unspecified atom stereocenters. The molecule has 0 spiro atoms. The molecule has 14 rings (SSSR count). The van der Waals surface area contributed by atoms with Crippen molar-refractivity contribution in [2.24, 2.45) is 0 Å². The van der Waals surface area contributed by atoms with Gasteiger partial charge in [-0.05, 0) is 193 Å². The summed E-state index contributed by atoms with van der Waals surface area (Å²) in [5.74, 6) is 0.690. The van der Waals surface area contributed by atoms with Gasteiger partial charge in [-0.3, -0.25) is 0 Å². The fourth-order valence-corrected chi connectivity index (χ4v) is 13.9. The molecule has 11 aromatic carbocycles. The third-order valence-electron chi connectivity index (χ3n) is 19.4. The van der Waals surface area contributed by atoms with Gasteiger partial charge in [-0.1, -0.05) is 234 Å². The van der Waals surface area contributed by atoms with Gasteiger partial charge in [-0.15, -0.1) is 0 Å². The zero-order valence-corrected chi connectivity index (χ0v) is 55.8. The zero-order chi connectivity index (χ0) is 62.8. The second kappa shape index (κ2) is 20.0. The molecule has 0 fully saturated rings. The van der Waals surface area contributed by atoms with Crippen molar-refractivity contribution in [2.45, 2.75) is 157 Å². The molecule has 444 valence electrons. The van der Waals surface area contributed by atoms with Crippen molar-refractivity contribution in [3.8, 4) is 22.6 Å². The van der Waals surface area contributed by atoms with Crippen LogP contribution in [0.5, 0.6) is 0 Å². The van der Waals surface area contributed by atoms with Crippen LogP contribution in [0.2, 0.25) is 0 Å². The summed E-state index contributed by atoms with van der Waals surface area (Å²) in [6.45, 7) is 42.1. The van der Waals surface area contributed by atoms with E-state index < -0.39 is 0 Å². The van der Waals surface area contributed by atoms with E-state index in [2.05, 4.69) is 322 Å². The molecule has 0 N–H and O–H groups in total. The molecular formula is C84H85BN4. The Bertz CT molecular complexity index is 4600. The average Bonchev–Trinajstić information content (AvgIpc) is 0.693. The summed E-state index contributed by atoms with van der Waals surface area (Å²) < 4.78 is 0. The summed E-state index contributed by atoms with van der Waals surface area (Å²) in [5.41, 5.74) is 21.7. The lowest BCUT2D eigenvalue weighted by atomic mass is 9.33. The lowest BCUT2D eigenvalue weighted by molar-refractivity contribution is 0.568. The molecule has 0 saturated carbocycles. The third-order valence-corrected chi connectivity index (χ3v) is 19.4. The van der Waals surface area contributed by atoms with Crippen LogP contribution < -0.4 is 26.2 Å². The minimum atomic E-state index is -0.164. The monoisotopic (exact) mass is 1160 g/mol. The topological polar surface area (TPSA) is 32.3 Å². The van der Waals surface area contributed by atoms with Gasteiger partial charge in [0.1, 0.15) is 0 Å². The molecule has 12 aromatic rings. The quantitative estimate of drug-likeness (QED) is 0.130. The molecule has 0 bridgehead atoms. The van der Waals surface area contributed by atoms with Crippen LogP contribution in [-0.2, 0) is 32.5 Å². The Morgan fingerprint density at radius 3 is 1.06 bits per heavy atom. The second-order valence-electron chi connectivity index (χ2n) is 32.1. The van der Waals surface area contributed by atoms with Crippen molar-refractivity contribution >= 4 is 111 Å². The lowest BCUT2D eigenvalue weighted by Crippen LogP contribution is -2.61. The number of fused-ring (bicyclic) bond motifs is 11. The van der Waals surface area contributed by atoms with E-state index in [1.807, 2.05) is 0 Å². The first kappa shape index (κ1) is 58.2. The lowest BCUT2D eigenvalue weighted by Gasteiger charge is -2.46. The Hall–Kier alpha value is -8.54. The van der Waals surface area contributed by atoms with Gasteiger partial charge in [-0.25, -0.2) is 9.97 Å². The smallest absolute Gasteiger partial charge is 0.252 e. The van der Waals surface area contributed by atoms with Gasteiger partial charge < -0.3 is 9.80 Å². The minimum Gasteiger partial charge on any atom is -0.311 e. The Morgan fingerprint density at radius 1 is 0.303 bits per heavy atom. The van der Waals surface area contributed by atoms with Crippen molar-refractivity contribution in [1.82, 2.24) is 9.97 Å². The molecule has 2 aliphatic heterocycles. The number of nitrogens with zero attached hydrogens (tertiary/aromatic N) is 4. The van der Waals surface area contributed by atoms with E-state index in [0.29, 0.717) is 5.82 Å². The average molecular weight is 1160 g/mol. The Balaban J connectivity index is 1.19. The van der Waals surface area contributed by atoms with Crippen molar-refractivity contribution in [1.29, 1.82) is 0 Å². The summed E-state index contributed by atoms with van der Waals surface area (Å²) in [4.78, 5) is 17.0. The fourth-order valence-electron chi connectivity index (χ4n) is 13.9. The molecule has 0 atom stereocenters. The van der Waals surface area contributed by atoms with E-state index in [4.69, 9.17) is 9.97 Å². The number of benzene rings is 11. The van der Waals surface area contributed by atoms with E-state index in [-0.39, 0.29) is 39.2 Å². The molecule has 0 amide bonds. The maximum atomic E-state index is 5.94. The number of hydrogen-bond donors (Lipinski definition) is 0. The zero-order valence-electron chi connectivity index (χ0n) is 55.8. The molecule has 2 aliphatic rings. The van der Waals surface area contributed by atoms with Crippen molar-refractivity contribution < 1.29 is 0 Å². The fraction of sp³-hybridized carbons (Fsp3) is 0.286. The van der Waals surface area contributed by atoms with E-state index in [1.165, 1.54) is 104 Å². The highest BCUT2D eigenvalue weighted by molar-refractivity contribution is 7.00. The Morgan fingerprint density at radius 2 is 0.663 bits per heavy atom. The summed E-state index contributed by atoms with van der Waals surface area (Å²) in [6, 6.07) is 72.9.